The van der Waals surface area contributed by atoms with Crippen LogP contribution >= 0.6 is 24.4 Å². The number of nitrogens with one attached hydrogen (secondary N) is 2. The Bertz CT molecular complexity index is 523. The van der Waals surface area contributed by atoms with Crippen LogP contribution in [0.1, 0.15) is 6.42 Å². The van der Waals surface area contributed by atoms with Gasteiger partial charge < -0.3 is 9.97 Å². The molecule has 0 bridgehead atoms. The maximum atomic E-state index is 5.07. The maximum absolute atomic E-state index is 5.07. The fourth-order valence-corrected chi connectivity index (χ4v) is 1.74. The smallest absolute Gasteiger partial charge is 0.176 e. The van der Waals surface area contributed by atoms with Crippen LogP contribution in [0.3, 0.4) is 0 Å². The third-order valence-electron chi connectivity index (χ3n) is 1.69. The summed E-state index contributed by atoms with van der Waals surface area (Å²) >= 11 is 10.0. The van der Waals surface area contributed by atoms with Crippen molar-refractivity contribution in [1.82, 2.24) is 9.97 Å². The Kier molecular flexibility index (Phi) is 1.90. The molecule has 0 saturated heterocycles. The van der Waals surface area contributed by atoms with Gasteiger partial charge >= 0.3 is 0 Å². The van der Waals surface area contributed by atoms with E-state index in [1.165, 1.54) is 0 Å². The first-order valence-corrected chi connectivity index (χ1v) is 4.46. The van der Waals surface area contributed by atoms with E-state index >= 15 is 0 Å². The number of H-pyrrole nitrogens is 2. The van der Waals surface area contributed by atoms with E-state index in [2.05, 4.69) is 21.0 Å². The normalized spacial score (nSPS) is 14.3. The molecule has 62 valence electrons. The number of aromatic amines is 2. The highest BCUT2D eigenvalue weighted by Gasteiger charge is 1.95. The van der Waals surface area contributed by atoms with E-state index in [9.17, 15) is 0 Å². The molecule has 3 nitrogen and oxygen atoms in total. The van der Waals surface area contributed by atoms with Crippen molar-refractivity contribution in [2.45, 2.75) is 6.42 Å². The van der Waals surface area contributed by atoms with E-state index in [0.717, 1.165) is 23.7 Å². The van der Waals surface area contributed by atoms with Gasteiger partial charge in [-0.05, 0) is 18.6 Å². The highest BCUT2D eigenvalue weighted by atomic mass is 32.1. The minimum Gasteiger partial charge on any atom is -0.331 e. The fraction of sp³-hybridized carbons (Fsp3) is 0.286. The zero-order valence-electron chi connectivity index (χ0n) is 6.26. The van der Waals surface area contributed by atoms with Gasteiger partial charge in [-0.3, -0.25) is 4.99 Å². The van der Waals surface area contributed by atoms with Crippen LogP contribution in [-0.2, 0) is 0 Å². The molecule has 1 aliphatic heterocycles. The zero-order chi connectivity index (χ0) is 8.55. The topological polar surface area (TPSA) is 43.9 Å². The Balaban J connectivity index is 3.07. The van der Waals surface area contributed by atoms with Gasteiger partial charge in [0.15, 0.2) is 4.77 Å². The van der Waals surface area contributed by atoms with Crippen molar-refractivity contribution in [2.24, 2.45) is 4.99 Å². The predicted octanol–water partition coefficient (Wildman–Crippen LogP) is 0.606. The number of hydrogen-bond donors (Lipinski definition) is 2. The first kappa shape index (κ1) is 7.82. The van der Waals surface area contributed by atoms with Gasteiger partial charge in [-0.2, -0.15) is 0 Å². The third-order valence-corrected chi connectivity index (χ3v) is 2.19. The molecule has 5 heteroatoms. The third kappa shape index (κ3) is 1.25. The van der Waals surface area contributed by atoms with E-state index < -0.39 is 0 Å². The monoisotopic (exact) mass is 197 g/mol. The molecule has 1 aromatic rings. The molecule has 1 aromatic heterocycles. The van der Waals surface area contributed by atoms with Gasteiger partial charge in [0.1, 0.15) is 10.00 Å². The van der Waals surface area contributed by atoms with Crippen molar-refractivity contribution in [1.29, 1.82) is 0 Å². The van der Waals surface area contributed by atoms with Crippen LogP contribution in [0.15, 0.2) is 4.99 Å². The lowest BCUT2D eigenvalue weighted by atomic mass is 10.3. The van der Waals surface area contributed by atoms with Crippen molar-refractivity contribution < 1.29 is 0 Å². The van der Waals surface area contributed by atoms with Crippen LogP contribution in [0, 0.1) is 9.41 Å². The molecule has 0 unspecified atom stereocenters. The van der Waals surface area contributed by atoms with Crippen LogP contribution in [-0.4, -0.2) is 16.5 Å². The van der Waals surface area contributed by atoms with Gasteiger partial charge in [0.05, 0.1) is 5.35 Å². The number of hydrogen-bond acceptors (Lipinski definition) is 3. The quantitative estimate of drug-likeness (QED) is 0.598. The summed E-state index contributed by atoms with van der Waals surface area (Å²) in [5.74, 6) is 0. The van der Waals surface area contributed by atoms with Gasteiger partial charge in [-0.15, -0.1) is 0 Å². The van der Waals surface area contributed by atoms with Crippen LogP contribution in [0.25, 0.3) is 6.08 Å². The second-order valence-electron chi connectivity index (χ2n) is 2.55. The molecule has 2 heterocycles. The van der Waals surface area contributed by atoms with Crippen molar-refractivity contribution in [3.05, 3.63) is 20.1 Å². The molecular weight excluding hydrogens is 190 g/mol. The van der Waals surface area contributed by atoms with Gasteiger partial charge in [0.25, 0.3) is 0 Å². The average molecular weight is 197 g/mol. The fourth-order valence-electron chi connectivity index (χ4n) is 1.19. The van der Waals surface area contributed by atoms with E-state index in [1.807, 2.05) is 0 Å². The Morgan fingerprint density at radius 2 is 2.17 bits per heavy atom. The van der Waals surface area contributed by atoms with Crippen molar-refractivity contribution in [2.75, 3.05) is 6.54 Å². The molecule has 0 spiro atoms. The highest BCUT2D eigenvalue weighted by Crippen LogP contribution is 1.85. The molecular formula is C7H7N3S2. The summed E-state index contributed by atoms with van der Waals surface area (Å²) in [6, 6.07) is 0. The molecule has 2 N–H and O–H groups in total. The summed E-state index contributed by atoms with van der Waals surface area (Å²) in [4.78, 5) is 10.2. The lowest BCUT2D eigenvalue weighted by molar-refractivity contribution is 0.903. The Hall–Kier alpha value is -0.810. The zero-order valence-corrected chi connectivity index (χ0v) is 7.89. The summed E-state index contributed by atoms with van der Waals surface area (Å²) in [5.41, 5.74) is 0. The van der Waals surface area contributed by atoms with E-state index in [0.29, 0.717) is 9.41 Å². The maximum Gasteiger partial charge on any atom is 0.176 e. The minimum absolute atomic E-state index is 0.562. The average Bonchev–Trinajstić information content (AvgIpc) is 2.04. The standard InChI is InChI=1S/C7H7N3S2/c11-6-5-4(2-1-3-8-5)9-7(12)10-6/h2H,1,3H2,(H2,9,10,11,12). The highest BCUT2D eigenvalue weighted by molar-refractivity contribution is 7.72. The van der Waals surface area contributed by atoms with Gasteiger partial charge in [-0.25, -0.2) is 0 Å². The molecule has 0 fully saturated rings. The van der Waals surface area contributed by atoms with Crippen molar-refractivity contribution in [3.8, 4) is 0 Å². The Morgan fingerprint density at radius 3 is 3.00 bits per heavy atom. The second-order valence-corrected chi connectivity index (χ2v) is 3.36. The molecule has 0 saturated carbocycles. The predicted molar refractivity (Wildman–Crippen MR) is 51.5 cm³/mol. The Labute approximate surface area is 78.9 Å². The number of rotatable bonds is 0. The van der Waals surface area contributed by atoms with Crippen molar-refractivity contribution in [3.63, 3.8) is 0 Å². The summed E-state index contributed by atoms with van der Waals surface area (Å²) in [6.07, 6.45) is 3.03. The largest absolute Gasteiger partial charge is 0.331 e. The van der Waals surface area contributed by atoms with Crippen LogP contribution in [0.2, 0.25) is 0 Å². The Morgan fingerprint density at radius 1 is 1.33 bits per heavy atom. The lowest BCUT2D eigenvalue weighted by Gasteiger charge is -1.98. The first-order chi connectivity index (χ1) is 5.77. The molecule has 0 aromatic carbocycles. The molecule has 12 heavy (non-hydrogen) atoms. The summed E-state index contributed by atoms with van der Waals surface area (Å²) in [7, 11) is 0. The second kappa shape index (κ2) is 2.91. The van der Waals surface area contributed by atoms with Crippen LogP contribution in [0.5, 0.6) is 0 Å². The van der Waals surface area contributed by atoms with E-state index in [1.54, 1.807) is 0 Å². The minimum atomic E-state index is 0.562. The van der Waals surface area contributed by atoms with Crippen LogP contribution < -0.4 is 10.7 Å². The number of nitrogens with zero attached hydrogens (tertiary/aromatic N) is 1. The molecule has 0 amide bonds. The molecule has 2 rings (SSSR count). The van der Waals surface area contributed by atoms with E-state index in [-0.39, 0.29) is 0 Å². The van der Waals surface area contributed by atoms with Crippen molar-refractivity contribution >= 4 is 30.5 Å². The lowest BCUT2D eigenvalue weighted by Crippen LogP contribution is -2.33. The van der Waals surface area contributed by atoms with Gasteiger partial charge in [0, 0.05) is 6.54 Å². The summed E-state index contributed by atoms with van der Waals surface area (Å²) in [5, 5.41) is 1.79. The molecule has 0 radical (unpaired) electrons. The summed E-state index contributed by atoms with van der Waals surface area (Å²) in [6.45, 7) is 0.815. The van der Waals surface area contributed by atoms with Gasteiger partial charge in [-0.1, -0.05) is 18.3 Å². The molecule has 0 aliphatic carbocycles. The van der Waals surface area contributed by atoms with E-state index in [4.69, 9.17) is 24.4 Å². The number of fused-ring (bicyclic) bond motifs is 1. The SMILES string of the molecule is S=c1[nH]c(=S)c2c([nH]1)=CCCN=2. The molecule has 1 aliphatic rings. The first-order valence-electron chi connectivity index (χ1n) is 3.65. The molecule has 0 atom stereocenters. The number of aromatic nitrogens is 2. The van der Waals surface area contributed by atoms with Gasteiger partial charge in [0.2, 0.25) is 0 Å². The van der Waals surface area contributed by atoms with Crippen LogP contribution in [0.4, 0.5) is 0 Å². The summed E-state index contributed by atoms with van der Waals surface area (Å²) < 4.78 is 1.19.